The molecule has 1 aliphatic carbocycles. The van der Waals surface area contributed by atoms with Crippen molar-refractivity contribution in [2.24, 2.45) is 0 Å². The van der Waals surface area contributed by atoms with Gasteiger partial charge in [-0.25, -0.2) is 14.8 Å². The van der Waals surface area contributed by atoms with Crippen molar-refractivity contribution < 1.29 is 23.5 Å². The molecule has 2 aliphatic rings. The lowest BCUT2D eigenvalue weighted by molar-refractivity contribution is 0.0601. The average Bonchev–Trinajstić information content (AvgIpc) is 3.67. The normalized spacial score (nSPS) is 20.2. The topological polar surface area (TPSA) is 124 Å². The molecule has 2 amide bonds. The third-order valence-electron chi connectivity index (χ3n) is 8.89. The number of oxazole rings is 1. The highest BCUT2D eigenvalue weighted by molar-refractivity contribution is 5.98. The minimum Gasteiger partial charge on any atom is -0.493 e. The Morgan fingerprint density at radius 2 is 1.93 bits per heavy atom. The maximum atomic E-state index is 14.4. The van der Waals surface area contributed by atoms with E-state index >= 15 is 0 Å². The third kappa shape index (κ3) is 6.54. The van der Waals surface area contributed by atoms with Gasteiger partial charge in [0.05, 0.1) is 37.3 Å². The smallest absolute Gasteiger partial charge is 0.407 e. The van der Waals surface area contributed by atoms with Crippen LogP contribution in [0.15, 0.2) is 53.2 Å². The van der Waals surface area contributed by atoms with Gasteiger partial charge < -0.3 is 34.0 Å². The van der Waals surface area contributed by atoms with Crippen LogP contribution in [0.4, 0.5) is 4.79 Å². The Hall–Kier alpha value is -4.38. The summed E-state index contributed by atoms with van der Waals surface area (Å²) >= 11 is 0. The number of imidazole rings is 1. The lowest BCUT2D eigenvalue weighted by atomic mass is 9.89. The lowest BCUT2D eigenvalue weighted by Crippen LogP contribution is -2.54. The molecule has 1 saturated carbocycles. The summed E-state index contributed by atoms with van der Waals surface area (Å²) in [6, 6.07) is 13.5. The van der Waals surface area contributed by atoms with Crippen molar-refractivity contribution in [3.05, 3.63) is 65.9 Å². The molecule has 2 N–H and O–H groups in total. The van der Waals surface area contributed by atoms with Crippen molar-refractivity contribution in [2.45, 2.75) is 71.0 Å². The standard InChI is InChI=1S/C34H42N6O5/c1-4-43-34(42)38-26-12-8-9-13-28(26)40-21-36-30(31(40)24-10-6-5-7-11-24)33(41)39-18-17-35-20-25(39)16-19-44-29-15-14-27-32(22(29)2)45-23(3)37-27/h5-7,10-11,14-15,21,25-26,28,35H,4,8-9,12-13,16-20H2,1-3H3,(H,38,42)/t25-,26+,28+/m1/s1. The van der Waals surface area contributed by atoms with Gasteiger partial charge >= 0.3 is 6.09 Å². The Morgan fingerprint density at radius 3 is 2.76 bits per heavy atom. The summed E-state index contributed by atoms with van der Waals surface area (Å²) in [5.41, 5.74) is 4.60. The molecule has 0 unspecified atom stereocenters. The van der Waals surface area contributed by atoms with E-state index in [1.165, 1.54) is 0 Å². The minimum absolute atomic E-state index is 0.0478. The molecule has 1 aliphatic heterocycles. The van der Waals surface area contributed by atoms with Gasteiger partial charge in [-0.3, -0.25) is 4.79 Å². The maximum absolute atomic E-state index is 14.4. The van der Waals surface area contributed by atoms with Crippen molar-refractivity contribution in [3.8, 4) is 17.0 Å². The number of fused-ring (bicyclic) bond motifs is 1. The quantitative estimate of drug-likeness (QED) is 0.256. The predicted molar refractivity (Wildman–Crippen MR) is 170 cm³/mol. The van der Waals surface area contributed by atoms with Gasteiger partial charge in [0.25, 0.3) is 5.91 Å². The summed E-state index contributed by atoms with van der Waals surface area (Å²) in [7, 11) is 0. The lowest BCUT2D eigenvalue weighted by Gasteiger charge is -2.36. The summed E-state index contributed by atoms with van der Waals surface area (Å²) < 4.78 is 19.3. The van der Waals surface area contributed by atoms with Crippen LogP contribution in [-0.4, -0.2) is 76.4 Å². The van der Waals surface area contributed by atoms with E-state index in [-0.39, 0.29) is 24.0 Å². The van der Waals surface area contributed by atoms with E-state index in [1.54, 1.807) is 13.3 Å². The first-order valence-corrected chi connectivity index (χ1v) is 16.0. The summed E-state index contributed by atoms with van der Waals surface area (Å²) in [4.78, 5) is 37.9. The van der Waals surface area contributed by atoms with Gasteiger partial charge in [-0.15, -0.1) is 0 Å². The number of aryl methyl sites for hydroxylation is 2. The fraction of sp³-hybridized carbons (Fsp3) is 0.471. The molecular weight excluding hydrogens is 572 g/mol. The van der Waals surface area contributed by atoms with E-state index in [0.717, 1.165) is 59.4 Å². The molecule has 2 aromatic carbocycles. The number of alkyl carbamates (subject to hydrolysis) is 1. The van der Waals surface area contributed by atoms with Crippen LogP contribution in [0.5, 0.6) is 5.75 Å². The number of hydrogen-bond acceptors (Lipinski definition) is 8. The summed E-state index contributed by atoms with van der Waals surface area (Å²) in [5, 5.41) is 6.52. The van der Waals surface area contributed by atoms with E-state index in [9.17, 15) is 9.59 Å². The molecule has 0 bridgehead atoms. The van der Waals surface area contributed by atoms with E-state index in [1.807, 2.05) is 61.2 Å². The Morgan fingerprint density at radius 1 is 1.11 bits per heavy atom. The van der Waals surface area contributed by atoms with Crippen LogP contribution in [0.2, 0.25) is 0 Å². The number of ether oxygens (including phenoxy) is 2. The second-order valence-electron chi connectivity index (χ2n) is 11.8. The van der Waals surface area contributed by atoms with E-state index in [2.05, 4.69) is 20.2 Å². The summed E-state index contributed by atoms with van der Waals surface area (Å²) in [6.45, 7) is 8.32. The largest absolute Gasteiger partial charge is 0.493 e. The molecule has 45 heavy (non-hydrogen) atoms. The van der Waals surface area contributed by atoms with Gasteiger partial charge in [-0.05, 0) is 38.8 Å². The average molecular weight is 615 g/mol. The zero-order valence-corrected chi connectivity index (χ0v) is 26.3. The molecule has 238 valence electrons. The molecule has 4 aromatic rings. The fourth-order valence-electron chi connectivity index (χ4n) is 6.69. The molecule has 2 fully saturated rings. The first kappa shape index (κ1) is 30.6. The number of nitrogens with zero attached hydrogens (tertiary/aromatic N) is 4. The van der Waals surface area contributed by atoms with E-state index in [0.29, 0.717) is 50.9 Å². The monoisotopic (exact) mass is 614 g/mol. The number of rotatable bonds is 9. The van der Waals surface area contributed by atoms with Crippen LogP contribution in [0.25, 0.3) is 22.4 Å². The van der Waals surface area contributed by atoms with Crippen molar-refractivity contribution >= 4 is 23.1 Å². The van der Waals surface area contributed by atoms with Crippen LogP contribution in [0, 0.1) is 13.8 Å². The first-order valence-electron chi connectivity index (χ1n) is 16.0. The van der Waals surface area contributed by atoms with Crippen LogP contribution in [0.1, 0.15) is 67.0 Å². The van der Waals surface area contributed by atoms with Gasteiger partial charge in [0.1, 0.15) is 11.3 Å². The molecule has 0 radical (unpaired) electrons. The van der Waals surface area contributed by atoms with E-state index in [4.69, 9.17) is 18.9 Å². The van der Waals surface area contributed by atoms with Gasteiger partial charge in [-0.2, -0.15) is 0 Å². The van der Waals surface area contributed by atoms with Crippen LogP contribution < -0.4 is 15.4 Å². The van der Waals surface area contributed by atoms with Crippen LogP contribution in [0.3, 0.4) is 0 Å². The number of amides is 2. The predicted octanol–water partition coefficient (Wildman–Crippen LogP) is 5.42. The zero-order chi connectivity index (χ0) is 31.3. The fourth-order valence-corrected chi connectivity index (χ4v) is 6.69. The number of piperazine rings is 1. The second kappa shape index (κ2) is 13.7. The Labute approximate surface area is 263 Å². The van der Waals surface area contributed by atoms with Gasteiger partial charge in [-0.1, -0.05) is 43.2 Å². The number of carbonyl (C=O) groups excluding carboxylic acids is 2. The Balaban J connectivity index is 1.24. The molecule has 2 aromatic heterocycles. The molecular formula is C34H42N6O5. The number of carbonyl (C=O) groups is 2. The van der Waals surface area contributed by atoms with Crippen LogP contribution in [-0.2, 0) is 4.74 Å². The number of benzene rings is 2. The molecule has 11 nitrogen and oxygen atoms in total. The highest BCUT2D eigenvalue weighted by Crippen LogP contribution is 2.35. The highest BCUT2D eigenvalue weighted by Gasteiger charge is 2.35. The summed E-state index contributed by atoms with van der Waals surface area (Å²) in [6.07, 6.45) is 5.77. The van der Waals surface area contributed by atoms with Crippen molar-refractivity contribution in [1.82, 2.24) is 30.1 Å². The molecule has 11 heteroatoms. The van der Waals surface area contributed by atoms with Gasteiger partial charge in [0, 0.05) is 50.1 Å². The number of nitrogens with one attached hydrogen (secondary N) is 2. The Kier molecular flexibility index (Phi) is 9.34. The summed E-state index contributed by atoms with van der Waals surface area (Å²) in [5.74, 6) is 1.28. The number of aromatic nitrogens is 3. The molecule has 6 rings (SSSR count). The molecule has 3 heterocycles. The molecule has 1 saturated heterocycles. The molecule has 0 spiro atoms. The van der Waals surface area contributed by atoms with Crippen LogP contribution >= 0.6 is 0 Å². The van der Waals surface area contributed by atoms with E-state index < -0.39 is 6.09 Å². The number of hydrogen-bond donors (Lipinski definition) is 2. The third-order valence-corrected chi connectivity index (χ3v) is 8.89. The van der Waals surface area contributed by atoms with Gasteiger partial charge in [0.15, 0.2) is 17.2 Å². The van der Waals surface area contributed by atoms with Gasteiger partial charge in [0.2, 0.25) is 0 Å². The Bertz CT molecular complexity index is 1630. The maximum Gasteiger partial charge on any atom is 0.407 e. The van der Waals surface area contributed by atoms with Crippen molar-refractivity contribution in [3.63, 3.8) is 0 Å². The second-order valence-corrected chi connectivity index (χ2v) is 11.8. The van der Waals surface area contributed by atoms with Crippen molar-refractivity contribution in [1.29, 1.82) is 0 Å². The first-order chi connectivity index (χ1) is 21.9. The molecule has 3 atom stereocenters. The zero-order valence-electron chi connectivity index (χ0n) is 26.3. The minimum atomic E-state index is -0.413. The van der Waals surface area contributed by atoms with Crippen molar-refractivity contribution in [2.75, 3.05) is 32.8 Å². The highest BCUT2D eigenvalue weighted by atomic mass is 16.5. The SMILES string of the molecule is CCOC(=O)N[C@H]1CCCC[C@@H]1n1cnc(C(=O)N2CCNC[C@H]2CCOc2ccc3nc(C)oc3c2C)c1-c1ccccc1.